The van der Waals surface area contributed by atoms with Crippen LogP contribution in [0.15, 0.2) is 24.3 Å². The first-order valence-corrected chi connectivity index (χ1v) is 4.06. The van der Waals surface area contributed by atoms with Crippen molar-refractivity contribution in [2.45, 2.75) is 12.3 Å². The number of aliphatic hydroxyl groups excluding tert-OH is 1. The van der Waals surface area contributed by atoms with Crippen LogP contribution >= 0.6 is 0 Å². The van der Waals surface area contributed by atoms with E-state index in [0.29, 0.717) is 5.56 Å². The highest BCUT2D eigenvalue weighted by molar-refractivity contribution is 5.65. The first-order chi connectivity index (χ1) is 6.50. The first kappa shape index (κ1) is 9.27. The molecule has 1 N–H and O–H groups in total. The lowest BCUT2D eigenvalue weighted by Crippen LogP contribution is -2.08. The molecule has 0 saturated heterocycles. The summed E-state index contributed by atoms with van der Waals surface area (Å²) in [6.07, 6.45) is -2.62. The molecule has 1 aliphatic carbocycles. The Hall–Kier alpha value is -1.29. The van der Waals surface area contributed by atoms with Gasteiger partial charge in [0.05, 0.1) is 11.7 Å². The van der Waals surface area contributed by atoms with E-state index in [4.69, 9.17) is 0 Å². The van der Waals surface area contributed by atoms with E-state index >= 15 is 0 Å². The highest BCUT2D eigenvalue weighted by atomic mass is 19.4. The van der Waals surface area contributed by atoms with Gasteiger partial charge in [-0.2, -0.15) is 13.2 Å². The maximum absolute atomic E-state index is 12.5. The van der Waals surface area contributed by atoms with Gasteiger partial charge in [0.15, 0.2) is 0 Å². The first-order valence-electron chi connectivity index (χ1n) is 4.06. The molecule has 0 radical (unpaired) electrons. The summed E-state index contributed by atoms with van der Waals surface area (Å²) in [5, 5.41) is 9.32. The molecule has 2 rings (SSSR count). The highest BCUT2D eigenvalue weighted by Crippen LogP contribution is 2.38. The summed E-state index contributed by atoms with van der Waals surface area (Å²) in [6.45, 7) is 0. The number of fused-ring (bicyclic) bond motifs is 1. The van der Waals surface area contributed by atoms with Gasteiger partial charge in [0.1, 0.15) is 0 Å². The zero-order valence-electron chi connectivity index (χ0n) is 7.05. The fraction of sp³-hybridized carbons (Fsp3) is 0.200. The molecule has 0 unspecified atom stereocenters. The van der Waals surface area contributed by atoms with Crippen LogP contribution in [0.25, 0.3) is 6.08 Å². The number of halogens is 3. The number of rotatable bonds is 0. The Labute approximate surface area is 78.5 Å². The van der Waals surface area contributed by atoms with Crippen molar-refractivity contribution in [2.75, 3.05) is 0 Å². The van der Waals surface area contributed by atoms with Gasteiger partial charge in [0.25, 0.3) is 0 Å². The van der Waals surface area contributed by atoms with Crippen LogP contribution in [0.1, 0.15) is 22.8 Å². The fourth-order valence-corrected chi connectivity index (χ4v) is 1.57. The maximum Gasteiger partial charge on any atom is 0.416 e. The molecule has 4 heteroatoms. The molecular formula is C10H7F3O. The molecule has 0 bridgehead atoms. The molecule has 1 aliphatic rings. The van der Waals surface area contributed by atoms with Crippen LogP contribution in [-0.2, 0) is 6.18 Å². The third-order valence-corrected chi connectivity index (χ3v) is 2.21. The predicted molar refractivity (Wildman–Crippen MR) is 45.4 cm³/mol. The lowest BCUT2D eigenvalue weighted by atomic mass is 10.0. The topological polar surface area (TPSA) is 20.2 Å². The molecule has 74 valence electrons. The van der Waals surface area contributed by atoms with Crippen molar-refractivity contribution in [2.24, 2.45) is 0 Å². The summed E-state index contributed by atoms with van der Waals surface area (Å²) in [6, 6.07) is 3.81. The molecule has 1 aromatic rings. The average molecular weight is 200 g/mol. The van der Waals surface area contributed by atoms with Crippen molar-refractivity contribution in [1.82, 2.24) is 0 Å². The van der Waals surface area contributed by atoms with Crippen molar-refractivity contribution in [1.29, 1.82) is 0 Å². The van der Waals surface area contributed by atoms with Gasteiger partial charge in [0, 0.05) is 0 Å². The zero-order chi connectivity index (χ0) is 10.3. The lowest BCUT2D eigenvalue weighted by molar-refractivity contribution is -0.137. The second kappa shape index (κ2) is 2.85. The van der Waals surface area contributed by atoms with Gasteiger partial charge in [-0.05, 0) is 17.2 Å². The Bertz CT molecular complexity index is 393. The molecule has 0 aliphatic heterocycles. The van der Waals surface area contributed by atoms with Crippen LogP contribution in [0.5, 0.6) is 0 Å². The summed E-state index contributed by atoms with van der Waals surface area (Å²) >= 11 is 0. The summed E-state index contributed by atoms with van der Waals surface area (Å²) in [7, 11) is 0. The largest absolute Gasteiger partial charge is 0.416 e. The standard InChI is InChI=1S/C10H7F3O/c11-10(12,13)8-3-1-2-7-6(8)4-5-9(7)14/h1-5,9,14H/t9-/m1/s1. The van der Waals surface area contributed by atoms with Gasteiger partial charge in [0.2, 0.25) is 0 Å². The molecule has 0 fully saturated rings. The third kappa shape index (κ3) is 1.32. The molecule has 1 nitrogen and oxygen atoms in total. The minimum absolute atomic E-state index is 0.0764. The van der Waals surface area contributed by atoms with E-state index in [1.165, 1.54) is 24.3 Å². The van der Waals surface area contributed by atoms with Crippen LogP contribution in [-0.4, -0.2) is 5.11 Å². The van der Waals surface area contributed by atoms with Gasteiger partial charge >= 0.3 is 6.18 Å². The van der Waals surface area contributed by atoms with Crippen LogP contribution in [0.3, 0.4) is 0 Å². The Morgan fingerprint density at radius 3 is 2.57 bits per heavy atom. The molecule has 0 heterocycles. The van der Waals surface area contributed by atoms with E-state index in [9.17, 15) is 18.3 Å². The average Bonchev–Trinajstić information content (AvgIpc) is 2.46. The number of hydrogen-bond acceptors (Lipinski definition) is 1. The molecule has 1 aromatic carbocycles. The van der Waals surface area contributed by atoms with Crippen LogP contribution in [0.4, 0.5) is 13.2 Å². The Kier molecular flexibility index (Phi) is 1.89. The van der Waals surface area contributed by atoms with E-state index in [1.807, 2.05) is 0 Å². The molecule has 0 saturated carbocycles. The van der Waals surface area contributed by atoms with Gasteiger partial charge in [-0.3, -0.25) is 0 Å². The Morgan fingerprint density at radius 2 is 1.93 bits per heavy atom. The molecule has 0 aromatic heterocycles. The summed E-state index contributed by atoms with van der Waals surface area (Å²) in [4.78, 5) is 0. The number of aliphatic hydroxyl groups is 1. The quantitative estimate of drug-likeness (QED) is 0.682. The van der Waals surface area contributed by atoms with Crippen LogP contribution < -0.4 is 0 Å². The SMILES string of the molecule is O[C@@H]1C=Cc2c1cccc2C(F)(F)F. The minimum Gasteiger partial charge on any atom is -0.384 e. The van der Waals surface area contributed by atoms with Crippen molar-refractivity contribution in [3.8, 4) is 0 Å². The number of benzene rings is 1. The summed E-state index contributed by atoms with van der Waals surface area (Å²) in [5.41, 5.74) is -0.296. The van der Waals surface area contributed by atoms with E-state index in [0.717, 1.165) is 6.07 Å². The smallest absolute Gasteiger partial charge is 0.384 e. The number of alkyl halides is 3. The molecule has 14 heavy (non-hydrogen) atoms. The molecule has 0 amide bonds. The lowest BCUT2D eigenvalue weighted by Gasteiger charge is -2.11. The molecule has 0 spiro atoms. The zero-order valence-corrected chi connectivity index (χ0v) is 7.05. The van der Waals surface area contributed by atoms with Gasteiger partial charge in [-0.25, -0.2) is 0 Å². The summed E-state index contributed by atoms with van der Waals surface area (Å²) in [5.74, 6) is 0. The second-order valence-corrected chi connectivity index (χ2v) is 3.11. The van der Waals surface area contributed by atoms with E-state index in [-0.39, 0.29) is 5.56 Å². The molecular weight excluding hydrogens is 193 g/mol. The number of hydrogen-bond donors (Lipinski definition) is 1. The minimum atomic E-state index is -4.36. The predicted octanol–water partition coefficient (Wildman–Crippen LogP) is 2.77. The third-order valence-electron chi connectivity index (χ3n) is 2.21. The fourth-order valence-electron chi connectivity index (χ4n) is 1.57. The molecule has 1 atom stereocenters. The second-order valence-electron chi connectivity index (χ2n) is 3.11. The summed E-state index contributed by atoms with van der Waals surface area (Å²) < 4.78 is 37.4. The van der Waals surface area contributed by atoms with Crippen molar-refractivity contribution in [3.05, 3.63) is 41.0 Å². The van der Waals surface area contributed by atoms with Crippen molar-refractivity contribution < 1.29 is 18.3 Å². The highest BCUT2D eigenvalue weighted by Gasteiger charge is 2.35. The normalized spacial score (nSPS) is 19.9. The van der Waals surface area contributed by atoms with Gasteiger partial charge in [-0.1, -0.05) is 24.3 Å². The van der Waals surface area contributed by atoms with Gasteiger partial charge < -0.3 is 5.11 Å². The van der Waals surface area contributed by atoms with Crippen LogP contribution in [0.2, 0.25) is 0 Å². The van der Waals surface area contributed by atoms with E-state index < -0.39 is 17.8 Å². The Balaban J connectivity index is 2.60. The van der Waals surface area contributed by atoms with Crippen molar-refractivity contribution in [3.63, 3.8) is 0 Å². The van der Waals surface area contributed by atoms with Crippen LogP contribution in [0, 0.1) is 0 Å². The maximum atomic E-state index is 12.5. The van der Waals surface area contributed by atoms with Crippen molar-refractivity contribution >= 4 is 6.08 Å². The Morgan fingerprint density at radius 1 is 1.21 bits per heavy atom. The van der Waals surface area contributed by atoms with E-state index in [2.05, 4.69) is 0 Å². The monoisotopic (exact) mass is 200 g/mol. The van der Waals surface area contributed by atoms with Gasteiger partial charge in [-0.15, -0.1) is 0 Å². The van der Waals surface area contributed by atoms with E-state index in [1.54, 1.807) is 0 Å².